The van der Waals surface area contributed by atoms with Crippen LogP contribution in [0.3, 0.4) is 0 Å². The molecule has 0 saturated heterocycles. The lowest BCUT2D eigenvalue weighted by atomic mass is 9.87. The molecule has 17 heavy (non-hydrogen) atoms. The molecule has 2 rings (SSSR count). The summed E-state index contributed by atoms with van der Waals surface area (Å²) in [5.41, 5.74) is 1.09. The van der Waals surface area contributed by atoms with Gasteiger partial charge in [0.25, 0.3) is 0 Å². The molecule has 1 aromatic rings. The maximum Gasteiger partial charge on any atom is 0.147 e. The van der Waals surface area contributed by atoms with Crippen molar-refractivity contribution in [2.45, 2.75) is 57.4 Å². The summed E-state index contributed by atoms with van der Waals surface area (Å²) in [6.45, 7) is 4.24. The van der Waals surface area contributed by atoms with E-state index in [9.17, 15) is 0 Å². The van der Waals surface area contributed by atoms with Gasteiger partial charge in [0.15, 0.2) is 0 Å². The van der Waals surface area contributed by atoms with Crippen LogP contribution in [0.5, 0.6) is 0 Å². The predicted octanol–water partition coefficient (Wildman–Crippen LogP) is 2.98. The molecule has 1 aliphatic rings. The van der Waals surface area contributed by atoms with E-state index in [1.54, 1.807) is 0 Å². The van der Waals surface area contributed by atoms with Gasteiger partial charge in [-0.05, 0) is 39.8 Å². The Kier molecular flexibility index (Phi) is 3.77. The third-order valence-corrected chi connectivity index (χ3v) is 3.88. The second kappa shape index (κ2) is 5.13. The monoisotopic (exact) mass is 233 g/mol. The van der Waals surface area contributed by atoms with Crippen LogP contribution in [-0.4, -0.2) is 17.0 Å². The van der Waals surface area contributed by atoms with E-state index in [1.807, 2.05) is 13.2 Å². The van der Waals surface area contributed by atoms with Crippen molar-refractivity contribution in [2.24, 2.45) is 0 Å². The summed E-state index contributed by atoms with van der Waals surface area (Å²) in [5, 5.41) is 3.26. The Morgan fingerprint density at radius 1 is 1.24 bits per heavy atom. The van der Waals surface area contributed by atoms with Gasteiger partial charge in [0.1, 0.15) is 5.82 Å². The molecule has 94 valence electrons. The molecule has 0 amide bonds. The molecule has 0 aliphatic heterocycles. The predicted molar refractivity (Wildman–Crippen MR) is 69.9 cm³/mol. The van der Waals surface area contributed by atoms with Crippen molar-refractivity contribution < 1.29 is 0 Å². The molecule has 0 atom stereocenters. The summed E-state index contributed by atoms with van der Waals surface area (Å²) in [7, 11) is 1.96. The van der Waals surface area contributed by atoms with Gasteiger partial charge in [-0.3, -0.25) is 0 Å². The maximum absolute atomic E-state index is 4.77. The molecule has 0 radical (unpaired) electrons. The van der Waals surface area contributed by atoms with E-state index < -0.39 is 0 Å². The first-order valence-corrected chi connectivity index (χ1v) is 6.66. The first-order valence-electron chi connectivity index (χ1n) is 6.66. The topological polar surface area (TPSA) is 37.8 Å². The van der Waals surface area contributed by atoms with E-state index in [2.05, 4.69) is 30.2 Å². The van der Waals surface area contributed by atoms with Crippen LogP contribution in [0.25, 0.3) is 0 Å². The Hall–Kier alpha value is -0.960. The molecule has 0 bridgehead atoms. The number of nitrogens with zero attached hydrogens (tertiary/aromatic N) is 2. The lowest BCUT2D eigenvalue weighted by Gasteiger charge is -2.25. The first kappa shape index (κ1) is 12.5. The average Bonchev–Trinajstić information content (AvgIpc) is 2.40. The van der Waals surface area contributed by atoms with Gasteiger partial charge >= 0.3 is 0 Å². The van der Waals surface area contributed by atoms with Gasteiger partial charge in [-0.25, -0.2) is 9.97 Å². The van der Waals surface area contributed by atoms with Crippen molar-refractivity contribution in [3.05, 3.63) is 23.8 Å². The van der Waals surface area contributed by atoms with Crippen LogP contribution in [0, 0.1) is 0 Å². The largest absolute Gasteiger partial charge is 0.308 e. The van der Waals surface area contributed by atoms with E-state index in [1.165, 1.54) is 37.8 Å². The molecule has 1 heterocycles. The van der Waals surface area contributed by atoms with Gasteiger partial charge in [0.2, 0.25) is 0 Å². The van der Waals surface area contributed by atoms with Crippen molar-refractivity contribution in [3.8, 4) is 0 Å². The van der Waals surface area contributed by atoms with Crippen LogP contribution in [0.15, 0.2) is 12.3 Å². The quantitative estimate of drug-likeness (QED) is 0.872. The van der Waals surface area contributed by atoms with Crippen LogP contribution in [0.1, 0.15) is 63.4 Å². The van der Waals surface area contributed by atoms with Crippen LogP contribution >= 0.6 is 0 Å². The third kappa shape index (κ3) is 2.83. The molecule has 3 nitrogen and oxygen atoms in total. The molecule has 0 aromatic carbocycles. The lowest BCUT2D eigenvalue weighted by molar-refractivity contribution is 0.402. The Morgan fingerprint density at radius 3 is 2.59 bits per heavy atom. The number of nitrogens with one attached hydrogen (secondary N) is 1. The SMILES string of the molecule is CNC(C)(C)c1nccc(C2CCCCC2)n1. The van der Waals surface area contributed by atoms with E-state index in [4.69, 9.17) is 4.98 Å². The standard InChI is InChI=1S/C14H23N3/c1-14(2,15-3)13-16-10-9-12(17-13)11-7-5-4-6-8-11/h9-11,15H,4-8H2,1-3H3. The van der Waals surface area contributed by atoms with Crippen molar-refractivity contribution in [1.29, 1.82) is 0 Å². The summed E-state index contributed by atoms with van der Waals surface area (Å²) in [5.74, 6) is 1.56. The third-order valence-electron chi connectivity index (χ3n) is 3.88. The number of hydrogen-bond donors (Lipinski definition) is 1. The van der Waals surface area contributed by atoms with E-state index in [0.717, 1.165) is 5.82 Å². The Labute approximate surface area is 104 Å². The van der Waals surface area contributed by atoms with Crippen molar-refractivity contribution in [3.63, 3.8) is 0 Å². The Morgan fingerprint density at radius 2 is 1.94 bits per heavy atom. The van der Waals surface area contributed by atoms with Crippen LogP contribution in [0.2, 0.25) is 0 Å². The fourth-order valence-corrected chi connectivity index (χ4v) is 2.41. The van der Waals surface area contributed by atoms with Gasteiger partial charge in [0.05, 0.1) is 5.54 Å². The second-order valence-electron chi connectivity index (χ2n) is 5.52. The fraction of sp³-hybridized carbons (Fsp3) is 0.714. The normalized spacial score (nSPS) is 18.3. The molecule has 1 N–H and O–H groups in total. The molecular formula is C14H23N3. The molecular weight excluding hydrogens is 210 g/mol. The molecule has 1 aliphatic carbocycles. The zero-order chi connectivity index (χ0) is 12.3. The molecule has 1 aromatic heterocycles. The maximum atomic E-state index is 4.77. The van der Waals surface area contributed by atoms with Crippen molar-refractivity contribution in [2.75, 3.05) is 7.05 Å². The molecule has 1 saturated carbocycles. The van der Waals surface area contributed by atoms with Gasteiger partial charge in [-0.2, -0.15) is 0 Å². The highest BCUT2D eigenvalue weighted by atomic mass is 15.0. The summed E-state index contributed by atoms with van der Waals surface area (Å²) >= 11 is 0. The first-order chi connectivity index (χ1) is 8.13. The second-order valence-corrected chi connectivity index (χ2v) is 5.52. The summed E-state index contributed by atoms with van der Waals surface area (Å²) in [6.07, 6.45) is 8.56. The van der Waals surface area contributed by atoms with E-state index >= 15 is 0 Å². The number of rotatable bonds is 3. The minimum absolute atomic E-state index is 0.148. The van der Waals surface area contributed by atoms with E-state index in [0.29, 0.717) is 5.92 Å². The summed E-state index contributed by atoms with van der Waals surface area (Å²) in [6, 6.07) is 2.09. The molecule has 1 fully saturated rings. The molecule has 0 spiro atoms. The van der Waals surface area contributed by atoms with Crippen LogP contribution in [-0.2, 0) is 5.54 Å². The highest BCUT2D eigenvalue weighted by Gasteiger charge is 2.23. The summed E-state index contributed by atoms with van der Waals surface area (Å²) in [4.78, 5) is 9.17. The van der Waals surface area contributed by atoms with E-state index in [-0.39, 0.29) is 5.54 Å². The minimum atomic E-state index is -0.148. The zero-order valence-corrected chi connectivity index (χ0v) is 11.2. The smallest absolute Gasteiger partial charge is 0.147 e. The van der Waals surface area contributed by atoms with Gasteiger partial charge in [-0.1, -0.05) is 19.3 Å². The number of aromatic nitrogens is 2. The Bertz CT molecular complexity index is 367. The highest BCUT2D eigenvalue weighted by Crippen LogP contribution is 2.31. The van der Waals surface area contributed by atoms with Gasteiger partial charge < -0.3 is 5.32 Å². The van der Waals surface area contributed by atoms with Gasteiger partial charge in [-0.15, -0.1) is 0 Å². The fourth-order valence-electron chi connectivity index (χ4n) is 2.41. The minimum Gasteiger partial charge on any atom is -0.308 e. The van der Waals surface area contributed by atoms with Crippen LogP contribution in [0.4, 0.5) is 0 Å². The summed E-state index contributed by atoms with van der Waals surface area (Å²) < 4.78 is 0. The van der Waals surface area contributed by atoms with Crippen molar-refractivity contribution >= 4 is 0 Å². The lowest BCUT2D eigenvalue weighted by Crippen LogP contribution is -2.35. The Balaban J connectivity index is 2.21. The highest BCUT2D eigenvalue weighted by molar-refractivity contribution is 5.13. The van der Waals surface area contributed by atoms with Crippen LogP contribution < -0.4 is 5.32 Å². The molecule has 3 heteroatoms. The number of hydrogen-bond acceptors (Lipinski definition) is 3. The van der Waals surface area contributed by atoms with Gasteiger partial charge in [0, 0.05) is 17.8 Å². The zero-order valence-electron chi connectivity index (χ0n) is 11.2. The average molecular weight is 233 g/mol. The molecule has 0 unspecified atom stereocenters. The van der Waals surface area contributed by atoms with Crippen molar-refractivity contribution in [1.82, 2.24) is 15.3 Å².